The van der Waals surface area contributed by atoms with Gasteiger partial charge >= 0.3 is 6.18 Å². The molecule has 0 fully saturated rings. The molecule has 9 heteroatoms. The van der Waals surface area contributed by atoms with Crippen molar-refractivity contribution in [2.45, 2.75) is 38.9 Å². The van der Waals surface area contributed by atoms with Gasteiger partial charge in [-0.1, -0.05) is 6.92 Å². The van der Waals surface area contributed by atoms with Crippen molar-refractivity contribution in [3.63, 3.8) is 0 Å². The van der Waals surface area contributed by atoms with Crippen molar-refractivity contribution in [3.05, 3.63) is 0 Å². The summed E-state index contributed by atoms with van der Waals surface area (Å²) in [6, 6.07) is -1.18. The van der Waals surface area contributed by atoms with E-state index >= 15 is 0 Å². The van der Waals surface area contributed by atoms with Gasteiger partial charge in [0.05, 0.1) is 6.42 Å². The van der Waals surface area contributed by atoms with Crippen LogP contribution < -0.4 is 10.0 Å². The van der Waals surface area contributed by atoms with Gasteiger partial charge in [-0.3, -0.25) is 0 Å². The summed E-state index contributed by atoms with van der Waals surface area (Å²) in [4.78, 5) is 0. The Morgan fingerprint density at radius 3 is 2.37 bits per heavy atom. The second-order valence-electron chi connectivity index (χ2n) is 4.37. The summed E-state index contributed by atoms with van der Waals surface area (Å²) in [6.45, 7) is 4.82. The van der Waals surface area contributed by atoms with Crippen LogP contribution in [0, 0.1) is 0 Å². The number of hydrogen-bond donors (Lipinski definition) is 2. The molecule has 19 heavy (non-hydrogen) atoms. The lowest BCUT2D eigenvalue weighted by Gasteiger charge is -2.21. The smallest absolute Gasteiger partial charge is 0.317 e. The molecular weight excluding hydrogens is 283 g/mol. The van der Waals surface area contributed by atoms with E-state index in [-0.39, 0.29) is 6.54 Å². The average molecular weight is 305 g/mol. The molecule has 0 aromatic rings. The summed E-state index contributed by atoms with van der Waals surface area (Å²) >= 11 is 0. The fraction of sp³-hybridized carbons (Fsp3) is 1.00. The van der Waals surface area contributed by atoms with Crippen LogP contribution >= 0.6 is 0 Å². The van der Waals surface area contributed by atoms with E-state index in [1.165, 1.54) is 14.0 Å². The van der Waals surface area contributed by atoms with Gasteiger partial charge in [0.2, 0.25) is 0 Å². The number of hydrogen-bond acceptors (Lipinski definition) is 3. The van der Waals surface area contributed by atoms with Gasteiger partial charge in [0.25, 0.3) is 10.2 Å². The summed E-state index contributed by atoms with van der Waals surface area (Å²) in [7, 11) is -2.52. The molecule has 0 spiro atoms. The molecule has 0 saturated carbocycles. The van der Waals surface area contributed by atoms with Crippen molar-refractivity contribution in [3.8, 4) is 0 Å². The molecular formula is C10H22F3N3O2S. The highest BCUT2D eigenvalue weighted by molar-refractivity contribution is 7.87. The van der Waals surface area contributed by atoms with Crippen molar-refractivity contribution >= 4 is 10.2 Å². The molecule has 0 aromatic heterocycles. The van der Waals surface area contributed by atoms with Crippen molar-refractivity contribution in [2.24, 2.45) is 0 Å². The predicted octanol–water partition coefficient (Wildman–Crippen LogP) is 1.09. The lowest BCUT2D eigenvalue weighted by Crippen LogP contribution is -2.44. The largest absolute Gasteiger partial charge is 0.390 e. The summed E-state index contributed by atoms with van der Waals surface area (Å²) in [6.07, 6.45) is -4.97. The lowest BCUT2D eigenvalue weighted by molar-refractivity contribution is -0.137. The van der Waals surface area contributed by atoms with Crippen LogP contribution in [0.3, 0.4) is 0 Å². The first-order chi connectivity index (χ1) is 8.58. The van der Waals surface area contributed by atoms with Crippen LogP contribution in [-0.2, 0) is 10.2 Å². The Labute approximate surface area is 112 Å². The lowest BCUT2D eigenvalue weighted by atomic mass is 10.2. The quantitative estimate of drug-likeness (QED) is 0.627. The van der Waals surface area contributed by atoms with E-state index in [2.05, 4.69) is 5.32 Å². The Kier molecular flexibility index (Phi) is 7.87. The zero-order valence-electron chi connectivity index (χ0n) is 11.4. The van der Waals surface area contributed by atoms with E-state index < -0.39 is 28.8 Å². The molecule has 0 heterocycles. The van der Waals surface area contributed by atoms with Gasteiger partial charge < -0.3 is 5.32 Å². The maximum atomic E-state index is 12.1. The summed E-state index contributed by atoms with van der Waals surface area (Å²) in [5, 5.41) is 3.04. The SMILES string of the molecule is CCNCCCN(C)S(=O)(=O)NC(C)CC(F)(F)F. The Morgan fingerprint density at radius 1 is 1.32 bits per heavy atom. The zero-order chi connectivity index (χ0) is 15.1. The van der Waals surface area contributed by atoms with Gasteiger partial charge in [0.1, 0.15) is 0 Å². The molecule has 1 unspecified atom stereocenters. The van der Waals surface area contributed by atoms with Crippen LogP contribution in [-0.4, -0.2) is 51.6 Å². The number of alkyl halides is 3. The summed E-state index contributed by atoms with van der Waals surface area (Å²) in [5.41, 5.74) is 0. The van der Waals surface area contributed by atoms with Gasteiger partial charge in [-0.05, 0) is 26.4 Å². The maximum Gasteiger partial charge on any atom is 0.390 e. The van der Waals surface area contributed by atoms with Gasteiger partial charge in [0, 0.05) is 19.6 Å². The third kappa shape index (κ3) is 9.20. The Bertz CT molecular complexity index is 346. The minimum Gasteiger partial charge on any atom is -0.317 e. The second-order valence-corrected chi connectivity index (χ2v) is 6.18. The van der Waals surface area contributed by atoms with Gasteiger partial charge in [0.15, 0.2) is 0 Å². The van der Waals surface area contributed by atoms with E-state index in [1.54, 1.807) is 0 Å². The van der Waals surface area contributed by atoms with Gasteiger partial charge in [-0.15, -0.1) is 0 Å². The van der Waals surface area contributed by atoms with Crippen LogP contribution in [0.25, 0.3) is 0 Å². The molecule has 1 atom stereocenters. The third-order valence-electron chi connectivity index (χ3n) is 2.37. The van der Waals surface area contributed by atoms with Crippen molar-refractivity contribution < 1.29 is 21.6 Å². The monoisotopic (exact) mass is 305 g/mol. The fourth-order valence-electron chi connectivity index (χ4n) is 1.46. The average Bonchev–Trinajstić information content (AvgIpc) is 2.20. The third-order valence-corrected chi connectivity index (χ3v) is 4.08. The topological polar surface area (TPSA) is 61.4 Å². The maximum absolute atomic E-state index is 12.1. The molecule has 0 aliphatic carbocycles. The molecule has 2 N–H and O–H groups in total. The zero-order valence-corrected chi connectivity index (χ0v) is 12.2. The van der Waals surface area contributed by atoms with Crippen LogP contribution in [0.15, 0.2) is 0 Å². The Morgan fingerprint density at radius 2 is 1.89 bits per heavy atom. The Hall–Kier alpha value is -0.380. The molecule has 116 valence electrons. The summed E-state index contributed by atoms with van der Waals surface area (Å²) in [5.74, 6) is 0. The van der Waals surface area contributed by atoms with Crippen LogP contribution in [0.5, 0.6) is 0 Å². The van der Waals surface area contributed by atoms with Crippen molar-refractivity contribution in [1.82, 2.24) is 14.3 Å². The molecule has 0 radical (unpaired) electrons. The van der Waals surface area contributed by atoms with Crippen LogP contribution in [0.4, 0.5) is 13.2 Å². The van der Waals surface area contributed by atoms with E-state index in [0.29, 0.717) is 13.0 Å². The molecule has 0 aromatic carbocycles. The van der Waals surface area contributed by atoms with Gasteiger partial charge in [-0.2, -0.15) is 30.6 Å². The minimum atomic E-state index is -4.38. The first-order valence-corrected chi connectivity index (χ1v) is 7.53. The van der Waals surface area contributed by atoms with Gasteiger partial charge in [-0.25, -0.2) is 0 Å². The minimum absolute atomic E-state index is 0.251. The first kappa shape index (κ1) is 18.6. The number of halogens is 3. The first-order valence-electron chi connectivity index (χ1n) is 6.09. The summed E-state index contributed by atoms with van der Waals surface area (Å²) < 4.78 is 62.8. The normalized spacial score (nSPS) is 14.9. The number of nitrogens with one attached hydrogen (secondary N) is 2. The molecule has 0 aliphatic heterocycles. The highest BCUT2D eigenvalue weighted by Crippen LogP contribution is 2.21. The molecule has 0 amide bonds. The van der Waals surface area contributed by atoms with E-state index in [4.69, 9.17) is 0 Å². The van der Waals surface area contributed by atoms with E-state index in [0.717, 1.165) is 10.8 Å². The number of nitrogens with zero attached hydrogens (tertiary/aromatic N) is 1. The van der Waals surface area contributed by atoms with Crippen LogP contribution in [0.1, 0.15) is 26.7 Å². The highest BCUT2D eigenvalue weighted by Gasteiger charge is 2.32. The molecule has 0 aliphatic rings. The van der Waals surface area contributed by atoms with Crippen molar-refractivity contribution in [1.29, 1.82) is 0 Å². The standard InChI is InChI=1S/C10H22F3N3O2S/c1-4-14-6-5-7-16(3)19(17,18)15-9(2)8-10(11,12)13/h9,14-15H,4-8H2,1-3H3. The highest BCUT2D eigenvalue weighted by atomic mass is 32.2. The molecule has 0 bridgehead atoms. The number of rotatable bonds is 9. The Balaban J connectivity index is 4.22. The predicted molar refractivity (Wildman–Crippen MR) is 68.0 cm³/mol. The second kappa shape index (κ2) is 8.03. The van der Waals surface area contributed by atoms with E-state index in [9.17, 15) is 21.6 Å². The van der Waals surface area contributed by atoms with E-state index in [1.807, 2.05) is 11.6 Å². The van der Waals surface area contributed by atoms with Crippen LogP contribution in [0.2, 0.25) is 0 Å². The molecule has 5 nitrogen and oxygen atoms in total. The fourth-order valence-corrected chi connectivity index (χ4v) is 2.60. The molecule has 0 rings (SSSR count). The molecule has 0 saturated heterocycles. The van der Waals surface area contributed by atoms with Crippen molar-refractivity contribution in [2.75, 3.05) is 26.7 Å².